The van der Waals surface area contributed by atoms with E-state index in [2.05, 4.69) is 0 Å². The van der Waals surface area contributed by atoms with Gasteiger partial charge < -0.3 is 15.5 Å². The highest BCUT2D eigenvalue weighted by Crippen LogP contribution is 2.32. The van der Waals surface area contributed by atoms with Crippen LogP contribution in [-0.2, 0) is 0 Å². The fourth-order valence-corrected chi connectivity index (χ4v) is 3.39. The number of urea groups is 1. The summed E-state index contributed by atoms with van der Waals surface area (Å²) in [6, 6.07) is 0.194. The Balaban J connectivity index is 2.07. The van der Waals surface area contributed by atoms with Gasteiger partial charge in [0.25, 0.3) is 0 Å². The molecule has 0 radical (unpaired) electrons. The normalized spacial score (nSPS) is 23.8. The molecule has 2 fully saturated rings. The van der Waals surface area contributed by atoms with Gasteiger partial charge in [-0.05, 0) is 25.7 Å². The van der Waals surface area contributed by atoms with Crippen molar-refractivity contribution >= 4 is 6.03 Å². The minimum atomic E-state index is -0.0871. The van der Waals surface area contributed by atoms with Gasteiger partial charge in [-0.1, -0.05) is 25.7 Å². The predicted molar refractivity (Wildman–Crippen MR) is 73.5 cm³/mol. The van der Waals surface area contributed by atoms with Crippen LogP contribution in [0.3, 0.4) is 0 Å². The number of hydrogen-bond donors (Lipinski definition) is 1. The molecule has 18 heavy (non-hydrogen) atoms. The van der Waals surface area contributed by atoms with Gasteiger partial charge in [0.05, 0.1) is 5.54 Å². The zero-order chi connectivity index (χ0) is 13.0. The molecule has 0 atom stereocenters. The maximum absolute atomic E-state index is 12.5. The lowest BCUT2D eigenvalue weighted by Crippen LogP contribution is -2.57. The third-order valence-corrected chi connectivity index (χ3v) is 4.79. The molecular formula is C14H27N3O. The highest BCUT2D eigenvalue weighted by molar-refractivity contribution is 5.75. The highest BCUT2D eigenvalue weighted by Gasteiger charge is 2.38. The quantitative estimate of drug-likeness (QED) is 0.767. The fraction of sp³-hybridized carbons (Fsp3) is 0.929. The minimum absolute atomic E-state index is 0.0871. The number of likely N-dealkylation sites (N-methyl/N-ethyl adjacent to an activating group) is 1. The molecule has 0 aromatic carbocycles. The van der Waals surface area contributed by atoms with Crippen molar-refractivity contribution in [2.24, 2.45) is 5.73 Å². The highest BCUT2D eigenvalue weighted by atomic mass is 16.2. The fourth-order valence-electron chi connectivity index (χ4n) is 3.39. The Morgan fingerprint density at radius 2 is 1.67 bits per heavy atom. The Kier molecular flexibility index (Phi) is 4.49. The molecule has 2 N–H and O–H groups in total. The van der Waals surface area contributed by atoms with Crippen LogP contribution in [0.1, 0.15) is 51.4 Å². The molecule has 1 heterocycles. The van der Waals surface area contributed by atoms with Crippen molar-refractivity contribution < 1.29 is 4.79 Å². The number of carbonyl (C=O) groups is 1. The number of amides is 2. The van der Waals surface area contributed by atoms with Gasteiger partial charge in [0.1, 0.15) is 0 Å². The molecule has 0 spiro atoms. The van der Waals surface area contributed by atoms with Crippen LogP contribution in [0, 0.1) is 0 Å². The first-order valence-electron chi connectivity index (χ1n) is 7.42. The number of nitrogens with two attached hydrogens (primary N) is 1. The SMILES string of the molecule is CN(C(=O)N1CCCC1)C1(CN)CCCCCC1. The second kappa shape index (κ2) is 5.91. The van der Waals surface area contributed by atoms with Crippen LogP contribution in [0.25, 0.3) is 0 Å². The van der Waals surface area contributed by atoms with Gasteiger partial charge in [-0.2, -0.15) is 0 Å². The molecule has 2 amide bonds. The van der Waals surface area contributed by atoms with Gasteiger partial charge in [-0.15, -0.1) is 0 Å². The molecule has 4 heteroatoms. The zero-order valence-electron chi connectivity index (χ0n) is 11.7. The molecule has 2 aliphatic rings. The number of likely N-dealkylation sites (tertiary alicyclic amines) is 1. The minimum Gasteiger partial charge on any atom is -0.328 e. The first-order chi connectivity index (χ1) is 8.69. The largest absolute Gasteiger partial charge is 0.328 e. The monoisotopic (exact) mass is 253 g/mol. The van der Waals surface area contributed by atoms with E-state index in [1.54, 1.807) is 0 Å². The first-order valence-corrected chi connectivity index (χ1v) is 7.42. The van der Waals surface area contributed by atoms with Crippen molar-refractivity contribution in [3.8, 4) is 0 Å². The molecular weight excluding hydrogens is 226 g/mol. The summed E-state index contributed by atoms with van der Waals surface area (Å²) in [5.41, 5.74) is 5.95. The summed E-state index contributed by atoms with van der Waals surface area (Å²) in [4.78, 5) is 16.5. The Morgan fingerprint density at radius 1 is 1.11 bits per heavy atom. The van der Waals surface area contributed by atoms with E-state index >= 15 is 0 Å². The lowest BCUT2D eigenvalue weighted by atomic mass is 9.89. The van der Waals surface area contributed by atoms with E-state index in [0.29, 0.717) is 6.54 Å². The van der Waals surface area contributed by atoms with Crippen LogP contribution in [0.5, 0.6) is 0 Å². The van der Waals surface area contributed by atoms with Crippen molar-refractivity contribution in [1.29, 1.82) is 0 Å². The Hall–Kier alpha value is -0.770. The second-order valence-electron chi connectivity index (χ2n) is 5.88. The zero-order valence-corrected chi connectivity index (χ0v) is 11.7. The summed E-state index contributed by atoms with van der Waals surface area (Å²) in [7, 11) is 1.96. The van der Waals surface area contributed by atoms with Crippen molar-refractivity contribution in [3.05, 3.63) is 0 Å². The predicted octanol–water partition coefficient (Wildman–Crippen LogP) is 2.19. The molecule has 1 aliphatic carbocycles. The summed E-state index contributed by atoms with van der Waals surface area (Å²) in [6.45, 7) is 2.44. The van der Waals surface area contributed by atoms with E-state index in [4.69, 9.17) is 5.73 Å². The maximum Gasteiger partial charge on any atom is 0.320 e. The summed E-state index contributed by atoms with van der Waals surface area (Å²) in [5, 5.41) is 0. The third-order valence-electron chi connectivity index (χ3n) is 4.79. The number of nitrogens with zero attached hydrogens (tertiary/aromatic N) is 2. The van der Waals surface area contributed by atoms with E-state index in [-0.39, 0.29) is 11.6 Å². The summed E-state index contributed by atoms with van der Waals surface area (Å²) in [5.74, 6) is 0. The van der Waals surface area contributed by atoms with Gasteiger partial charge in [0.2, 0.25) is 0 Å². The van der Waals surface area contributed by atoms with E-state index in [9.17, 15) is 4.79 Å². The second-order valence-corrected chi connectivity index (χ2v) is 5.88. The molecule has 0 unspecified atom stereocenters. The number of hydrogen-bond acceptors (Lipinski definition) is 2. The molecule has 104 valence electrons. The summed E-state index contributed by atoms with van der Waals surface area (Å²) in [6.07, 6.45) is 9.41. The molecule has 4 nitrogen and oxygen atoms in total. The van der Waals surface area contributed by atoms with Crippen molar-refractivity contribution in [2.75, 3.05) is 26.7 Å². The third kappa shape index (κ3) is 2.63. The summed E-state index contributed by atoms with van der Waals surface area (Å²) >= 11 is 0. The smallest absolute Gasteiger partial charge is 0.320 e. The topological polar surface area (TPSA) is 49.6 Å². The van der Waals surface area contributed by atoms with Gasteiger partial charge >= 0.3 is 6.03 Å². The van der Waals surface area contributed by atoms with E-state index < -0.39 is 0 Å². The van der Waals surface area contributed by atoms with Crippen LogP contribution in [0.4, 0.5) is 4.79 Å². The van der Waals surface area contributed by atoms with Gasteiger partial charge in [-0.3, -0.25) is 0 Å². The maximum atomic E-state index is 12.5. The standard InChI is InChI=1S/C14H27N3O/c1-16(13(18)17-10-6-7-11-17)14(12-15)8-4-2-3-5-9-14/h2-12,15H2,1H3. The van der Waals surface area contributed by atoms with Gasteiger partial charge in [-0.25, -0.2) is 4.79 Å². The van der Waals surface area contributed by atoms with Crippen LogP contribution in [0.2, 0.25) is 0 Å². The molecule has 1 saturated heterocycles. The lowest BCUT2D eigenvalue weighted by Gasteiger charge is -2.42. The number of carbonyl (C=O) groups excluding carboxylic acids is 1. The molecule has 1 aliphatic heterocycles. The molecule has 0 bridgehead atoms. The van der Waals surface area contributed by atoms with Crippen molar-refractivity contribution in [3.63, 3.8) is 0 Å². The van der Waals surface area contributed by atoms with E-state index in [1.165, 1.54) is 25.7 Å². The van der Waals surface area contributed by atoms with Crippen LogP contribution < -0.4 is 5.73 Å². The lowest BCUT2D eigenvalue weighted by molar-refractivity contribution is 0.101. The average Bonchev–Trinajstić information content (AvgIpc) is 2.82. The van der Waals surface area contributed by atoms with Crippen LogP contribution in [-0.4, -0.2) is 48.1 Å². The molecule has 0 aromatic rings. The van der Waals surface area contributed by atoms with E-state index in [0.717, 1.165) is 38.8 Å². The number of rotatable bonds is 2. The van der Waals surface area contributed by atoms with Gasteiger partial charge in [0.15, 0.2) is 0 Å². The van der Waals surface area contributed by atoms with Crippen molar-refractivity contribution in [2.45, 2.75) is 56.9 Å². The Morgan fingerprint density at radius 3 is 2.17 bits per heavy atom. The Bertz CT molecular complexity index is 279. The Labute approximate surface area is 110 Å². The summed E-state index contributed by atoms with van der Waals surface area (Å²) < 4.78 is 0. The van der Waals surface area contributed by atoms with E-state index in [1.807, 2.05) is 16.8 Å². The first kappa shape index (κ1) is 13.7. The molecule has 1 saturated carbocycles. The van der Waals surface area contributed by atoms with Crippen molar-refractivity contribution in [1.82, 2.24) is 9.80 Å². The molecule has 0 aromatic heterocycles. The molecule has 2 rings (SSSR count). The van der Waals surface area contributed by atoms with Crippen LogP contribution >= 0.6 is 0 Å². The van der Waals surface area contributed by atoms with Crippen LogP contribution in [0.15, 0.2) is 0 Å². The van der Waals surface area contributed by atoms with Gasteiger partial charge in [0, 0.05) is 26.7 Å². The average molecular weight is 253 g/mol.